The van der Waals surface area contributed by atoms with Crippen molar-refractivity contribution in [3.63, 3.8) is 0 Å². The first-order valence-electron chi connectivity index (χ1n) is 5.29. The lowest BCUT2D eigenvalue weighted by atomic mass is 10.2. The van der Waals surface area contributed by atoms with Crippen LogP contribution in [0.3, 0.4) is 0 Å². The fourth-order valence-electron chi connectivity index (χ4n) is 1.33. The van der Waals surface area contributed by atoms with Gasteiger partial charge in [0.05, 0.1) is 6.21 Å². The summed E-state index contributed by atoms with van der Waals surface area (Å²) in [4.78, 5) is 5.13. The van der Waals surface area contributed by atoms with E-state index in [0.29, 0.717) is 6.61 Å². The molecule has 0 saturated heterocycles. The van der Waals surface area contributed by atoms with Gasteiger partial charge >= 0.3 is 0 Å². The standard InChI is InChI=1S/C14H12FNO/c15-14-8-6-12(7-9-14)10-16-17-11-13-4-2-1-3-5-13/h1-10H,11H2/b16-10+. The Labute approximate surface area is 99.3 Å². The van der Waals surface area contributed by atoms with Crippen LogP contribution >= 0.6 is 0 Å². The molecule has 0 N–H and O–H groups in total. The fourth-order valence-corrected chi connectivity index (χ4v) is 1.33. The minimum atomic E-state index is -0.257. The van der Waals surface area contributed by atoms with Crippen LogP contribution in [-0.4, -0.2) is 6.21 Å². The molecule has 3 heteroatoms. The molecule has 0 aliphatic rings. The Kier molecular flexibility index (Phi) is 3.86. The third-order valence-electron chi connectivity index (χ3n) is 2.22. The van der Waals surface area contributed by atoms with Crippen molar-refractivity contribution in [2.75, 3.05) is 0 Å². The molecule has 2 nitrogen and oxygen atoms in total. The molecule has 0 amide bonds. The summed E-state index contributed by atoms with van der Waals surface area (Å²) in [7, 11) is 0. The van der Waals surface area contributed by atoms with E-state index in [0.717, 1.165) is 11.1 Å². The van der Waals surface area contributed by atoms with Crippen molar-refractivity contribution < 1.29 is 9.23 Å². The second-order valence-corrected chi connectivity index (χ2v) is 3.55. The van der Waals surface area contributed by atoms with Gasteiger partial charge in [0, 0.05) is 0 Å². The maximum absolute atomic E-state index is 12.6. The first-order valence-corrected chi connectivity index (χ1v) is 5.29. The van der Waals surface area contributed by atoms with E-state index in [2.05, 4.69) is 5.16 Å². The van der Waals surface area contributed by atoms with Crippen molar-refractivity contribution in [1.82, 2.24) is 0 Å². The second kappa shape index (κ2) is 5.80. The van der Waals surface area contributed by atoms with Gasteiger partial charge in [-0.25, -0.2) is 4.39 Å². The van der Waals surface area contributed by atoms with Gasteiger partial charge in [0.2, 0.25) is 0 Å². The molecule has 0 aliphatic carbocycles. The van der Waals surface area contributed by atoms with Crippen LogP contribution in [0.25, 0.3) is 0 Å². The molecule has 2 aromatic carbocycles. The Morgan fingerprint density at radius 3 is 2.41 bits per heavy atom. The van der Waals surface area contributed by atoms with Crippen molar-refractivity contribution in [2.24, 2.45) is 5.16 Å². The second-order valence-electron chi connectivity index (χ2n) is 3.55. The SMILES string of the molecule is Fc1ccc(/C=N/OCc2ccccc2)cc1. The summed E-state index contributed by atoms with van der Waals surface area (Å²) in [6.07, 6.45) is 1.56. The van der Waals surface area contributed by atoms with Crippen molar-refractivity contribution >= 4 is 6.21 Å². The minimum absolute atomic E-state index is 0.257. The number of nitrogens with zero attached hydrogens (tertiary/aromatic N) is 1. The third kappa shape index (κ3) is 3.72. The molecule has 0 fully saturated rings. The van der Waals surface area contributed by atoms with E-state index in [-0.39, 0.29) is 5.82 Å². The van der Waals surface area contributed by atoms with Gasteiger partial charge < -0.3 is 4.84 Å². The molecule has 0 aliphatic heterocycles. The van der Waals surface area contributed by atoms with Gasteiger partial charge in [-0.3, -0.25) is 0 Å². The van der Waals surface area contributed by atoms with Crippen molar-refractivity contribution in [1.29, 1.82) is 0 Å². The molecular weight excluding hydrogens is 217 g/mol. The highest BCUT2D eigenvalue weighted by Crippen LogP contribution is 2.02. The van der Waals surface area contributed by atoms with Crippen LogP contribution in [0.1, 0.15) is 11.1 Å². The van der Waals surface area contributed by atoms with Gasteiger partial charge in [0.1, 0.15) is 12.4 Å². The Morgan fingerprint density at radius 2 is 1.71 bits per heavy atom. The molecule has 2 rings (SSSR count). The van der Waals surface area contributed by atoms with Crippen LogP contribution in [0.2, 0.25) is 0 Å². The lowest BCUT2D eigenvalue weighted by Gasteiger charge is -1.98. The molecule has 86 valence electrons. The Hall–Kier alpha value is -2.16. The molecule has 0 unspecified atom stereocenters. The summed E-state index contributed by atoms with van der Waals surface area (Å²) in [6.45, 7) is 0.429. The van der Waals surface area contributed by atoms with Gasteiger partial charge in [0.25, 0.3) is 0 Å². The number of hydrogen-bond acceptors (Lipinski definition) is 2. The predicted octanol–water partition coefficient (Wildman–Crippen LogP) is 3.38. The highest BCUT2D eigenvalue weighted by atomic mass is 19.1. The zero-order chi connectivity index (χ0) is 11.9. The van der Waals surface area contributed by atoms with E-state index in [1.165, 1.54) is 12.1 Å². The van der Waals surface area contributed by atoms with Crippen LogP contribution < -0.4 is 0 Å². The van der Waals surface area contributed by atoms with Crippen LogP contribution in [0, 0.1) is 5.82 Å². The average molecular weight is 229 g/mol. The van der Waals surface area contributed by atoms with Gasteiger partial charge in [-0.1, -0.05) is 47.6 Å². The monoisotopic (exact) mass is 229 g/mol. The first-order chi connectivity index (χ1) is 8.34. The van der Waals surface area contributed by atoms with Crippen LogP contribution in [0.15, 0.2) is 59.8 Å². The topological polar surface area (TPSA) is 21.6 Å². The molecule has 0 radical (unpaired) electrons. The number of hydrogen-bond donors (Lipinski definition) is 0. The van der Waals surface area contributed by atoms with Crippen molar-refractivity contribution in [3.05, 3.63) is 71.5 Å². The summed E-state index contributed by atoms with van der Waals surface area (Å²) >= 11 is 0. The highest BCUT2D eigenvalue weighted by Gasteiger charge is 1.91. The molecule has 17 heavy (non-hydrogen) atoms. The Balaban J connectivity index is 1.84. The van der Waals surface area contributed by atoms with Crippen LogP contribution in [-0.2, 0) is 11.4 Å². The molecule has 2 aromatic rings. The lowest BCUT2D eigenvalue weighted by molar-refractivity contribution is 0.132. The number of rotatable bonds is 4. The van der Waals surface area contributed by atoms with E-state index < -0.39 is 0 Å². The molecule has 0 saturated carbocycles. The molecule has 0 spiro atoms. The largest absolute Gasteiger partial charge is 0.391 e. The summed E-state index contributed by atoms with van der Waals surface area (Å²) in [5.74, 6) is -0.257. The van der Waals surface area contributed by atoms with Gasteiger partial charge in [-0.15, -0.1) is 0 Å². The summed E-state index contributed by atoms with van der Waals surface area (Å²) in [5, 5.41) is 3.82. The van der Waals surface area contributed by atoms with E-state index in [1.54, 1.807) is 18.3 Å². The predicted molar refractivity (Wildman–Crippen MR) is 65.2 cm³/mol. The minimum Gasteiger partial charge on any atom is -0.391 e. The van der Waals surface area contributed by atoms with E-state index in [1.807, 2.05) is 30.3 Å². The zero-order valence-corrected chi connectivity index (χ0v) is 9.21. The first kappa shape index (κ1) is 11.3. The Bertz CT molecular complexity index is 479. The molecule has 0 bridgehead atoms. The number of oxime groups is 1. The zero-order valence-electron chi connectivity index (χ0n) is 9.21. The molecular formula is C14H12FNO. The smallest absolute Gasteiger partial charge is 0.142 e. The Morgan fingerprint density at radius 1 is 1.00 bits per heavy atom. The summed E-state index contributed by atoms with van der Waals surface area (Å²) < 4.78 is 12.6. The number of halogens is 1. The average Bonchev–Trinajstić information content (AvgIpc) is 2.38. The molecule has 0 heterocycles. The van der Waals surface area contributed by atoms with E-state index in [4.69, 9.17) is 4.84 Å². The molecule has 0 aromatic heterocycles. The third-order valence-corrected chi connectivity index (χ3v) is 2.22. The quantitative estimate of drug-likeness (QED) is 0.581. The highest BCUT2D eigenvalue weighted by molar-refractivity contribution is 5.78. The maximum Gasteiger partial charge on any atom is 0.142 e. The lowest BCUT2D eigenvalue weighted by Crippen LogP contribution is -1.87. The maximum atomic E-state index is 12.6. The van der Waals surface area contributed by atoms with Crippen molar-refractivity contribution in [2.45, 2.75) is 6.61 Å². The van der Waals surface area contributed by atoms with Gasteiger partial charge in [-0.2, -0.15) is 0 Å². The summed E-state index contributed by atoms with van der Waals surface area (Å²) in [6, 6.07) is 15.8. The molecule has 0 atom stereocenters. The van der Waals surface area contributed by atoms with Crippen LogP contribution in [0.4, 0.5) is 4.39 Å². The van der Waals surface area contributed by atoms with E-state index in [9.17, 15) is 4.39 Å². The van der Waals surface area contributed by atoms with Gasteiger partial charge in [-0.05, 0) is 23.3 Å². The van der Waals surface area contributed by atoms with Gasteiger partial charge in [0.15, 0.2) is 0 Å². The summed E-state index contributed by atoms with van der Waals surface area (Å²) in [5.41, 5.74) is 1.86. The number of benzene rings is 2. The van der Waals surface area contributed by atoms with Crippen molar-refractivity contribution in [3.8, 4) is 0 Å². The fraction of sp³-hybridized carbons (Fsp3) is 0.0714. The normalized spacial score (nSPS) is 10.6. The van der Waals surface area contributed by atoms with E-state index >= 15 is 0 Å². The van der Waals surface area contributed by atoms with Crippen LogP contribution in [0.5, 0.6) is 0 Å².